The molecule has 0 aromatic carbocycles. The highest BCUT2D eigenvalue weighted by Gasteiger charge is 2.31. The zero-order chi connectivity index (χ0) is 13.2. The van der Waals surface area contributed by atoms with Gasteiger partial charge in [0.2, 0.25) is 0 Å². The van der Waals surface area contributed by atoms with Crippen molar-refractivity contribution in [1.82, 2.24) is 0 Å². The SMILES string of the molecule is C=C(/C=C1\C(=C)C(=O)OC1=O)OC(=O)C(=C)C. The zero-order valence-electron chi connectivity index (χ0n) is 9.24. The Kier molecular flexibility index (Phi) is 3.43. The molecule has 0 unspecified atom stereocenters. The van der Waals surface area contributed by atoms with Crippen LogP contribution < -0.4 is 0 Å². The Morgan fingerprint density at radius 2 is 1.88 bits per heavy atom. The minimum absolute atomic E-state index is 0.0745. The van der Waals surface area contributed by atoms with Crippen molar-refractivity contribution in [3.8, 4) is 0 Å². The van der Waals surface area contributed by atoms with Gasteiger partial charge in [0, 0.05) is 5.57 Å². The van der Waals surface area contributed by atoms with Crippen LogP contribution in [0.4, 0.5) is 0 Å². The van der Waals surface area contributed by atoms with Crippen LogP contribution in [0.25, 0.3) is 0 Å². The second kappa shape index (κ2) is 4.61. The molecular weight excluding hydrogens is 224 g/mol. The molecule has 88 valence electrons. The van der Waals surface area contributed by atoms with Gasteiger partial charge in [0.25, 0.3) is 0 Å². The summed E-state index contributed by atoms with van der Waals surface area (Å²) < 4.78 is 9.03. The molecule has 1 aliphatic rings. The van der Waals surface area contributed by atoms with Crippen LogP contribution in [0.15, 0.2) is 48.3 Å². The third-order valence-corrected chi connectivity index (χ3v) is 1.85. The molecule has 0 aromatic rings. The summed E-state index contributed by atoms with van der Waals surface area (Å²) >= 11 is 0. The monoisotopic (exact) mass is 234 g/mol. The van der Waals surface area contributed by atoms with Gasteiger partial charge in [-0.25, -0.2) is 14.4 Å². The van der Waals surface area contributed by atoms with E-state index in [4.69, 9.17) is 4.74 Å². The summed E-state index contributed by atoms with van der Waals surface area (Å²) in [5, 5.41) is 0. The van der Waals surface area contributed by atoms with Gasteiger partial charge in [0.05, 0.1) is 11.1 Å². The lowest BCUT2D eigenvalue weighted by Gasteiger charge is -2.02. The molecule has 0 amide bonds. The molecule has 0 aromatic heterocycles. The van der Waals surface area contributed by atoms with Crippen LogP contribution >= 0.6 is 0 Å². The Hall–Kier alpha value is -2.43. The van der Waals surface area contributed by atoms with Crippen molar-refractivity contribution in [2.24, 2.45) is 0 Å². The zero-order valence-corrected chi connectivity index (χ0v) is 9.24. The van der Waals surface area contributed by atoms with E-state index in [2.05, 4.69) is 24.5 Å². The summed E-state index contributed by atoms with van der Waals surface area (Å²) in [7, 11) is 0. The van der Waals surface area contributed by atoms with Gasteiger partial charge in [-0.15, -0.1) is 0 Å². The minimum atomic E-state index is -0.840. The molecular formula is C12H10O5. The van der Waals surface area contributed by atoms with Crippen LogP contribution in [0.1, 0.15) is 6.92 Å². The largest absolute Gasteiger partial charge is 0.424 e. The van der Waals surface area contributed by atoms with Crippen molar-refractivity contribution >= 4 is 17.9 Å². The molecule has 17 heavy (non-hydrogen) atoms. The van der Waals surface area contributed by atoms with Crippen molar-refractivity contribution in [3.63, 3.8) is 0 Å². The molecule has 0 bridgehead atoms. The maximum Gasteiger partial charge on any atom is 0.347 e. The van der Waals surface area contributed by atoms with Crippen molar-refractivity contribution in [3.05, 3.63) is 48.3 Å². The van der Waals surface area contributed by atoms with Gasteiger partial charge in [0.15, 0.2) is 0 Å². The summed E-state index contributed by atoms with van der Waals surface area (Å²) in [6.45, 7) is 11.6. The maximum absolute atomic E-state index is 11.2. The number of ether oxygens (including phenoxy) is 2. The molecule has 0 N–H and O–H groups in total. The number of esters is 3. The van der Waals surface area contributed by atoms with Crippen molar-refractivity contribution in [1.29, 1.82) is 0 Å². The van der Waals surface area contributed by atoms with E-state index in [0.717, 1.165) is 6.08 Å². The van der Waals surface area contributed by atoms with E-state index < -0.39 is 17.9 Å². The van der Waals surface area contributed by atoms with Crippen LogP contribution in [-0.4, -0.2) is 17.9 Å². The van der Waals surface area contributed by atoms with Crippen LogP contribution in [0.3, 0.4) is 0 Å². The summed E-state index contributed by atoms with van der Waals surface area (Å²) in [4.78, 5) is 33.3. The van der Waals surface area contributed by atoms with Crippen LogP contribution in [-0.2, 0) is 23.9 Å². The Morgan fingerprint density at radius 1 is 1.29 bits per heavy atom. The summed E-state index contributed by atoms with van der Waals surface area (Å²) in [6, 6.07) is 0. The molecule has 5 nitrogen and oxygen atoms in total. The molecule has 1 heterocycles. The third kappa shape index (κ3) is 2.78. The quantitative estimate of drug-likeness (QED) is 0.317. The van der Waals surface area contributed by atoms with E-state index in [0.29, 0.717) is 0 Å². The normalized spacial score (nSPS) is 17.0. The van der Waals surface area contributed by atoms with Gasteiger partial charge in [0.1, 0.15) is 5.76 Å². The van der Waals surface area contributed by atoms with Crippen molar-refractivity contribution in [2.45, 2.75) is 6.92 Å². The minimum Gasteiger partial charge on any atom is -0.424 e. The van der Waals surface area contributed by atoms with Crippen LogP contribution in [0.5, 0.6) is 0 Å². The smallest absolute Gasteiger partial charge is 0.347 e. The number of hydrogen-bond acceptors (Lipinski definition) is 5. The highest BCUT2D eigenvalue weighted by Crippen LogP contribution is 2.21. The molecule has 1 saturated heterocycles. The maximum atomic E-state index is 11.2. The van der Waals surface area contributed by atoms with E-state index in [9.17, 15) is 14.4 Å². The number of allylic oxidation sites excluding steroid dienone is 1. The number of carbonyl (C=O) groups is 3. The van der Waals surface area contributed by atoms with Gasteiger partial charge in [-0.3, -0.25) is 0 Å². The van der Waals surface area contributed by atoms with Crippen molar-refractivity contribution < 1.29 is 23.9 Å². The molecule has 0 aliphatic carbocycles. The molecule has 5 heteroatoms. The molecule has 1 fully saturated rings. The third-order valence-electron chi connectivity index (χ3n) is 1.85. The van der Waals surface area contributed by atoms with Crippen molar-refractivity contribution in [2.75, 3.05) is 0 Å². The standard InChI is InChI=1S/C12H10O5/c1-6(2)10(13)16-7(3)5-9-8(4)11(14)17-12(9)15/h5H,1,3-4H2,2H3/b9-5+. The first kappa shape index (κ1) is 12.6. The Bertz CT molecular complexity index is 493. The van der Waals surface area contributed by atoms with E-state index in [-0.39, 0.29) is 22.5 Å². The second-order valence-corrected chi connectivity index (χ2v) is 3.35. The highest BCUT2D eigenvalue weighted by molar-refractivity contribution is 6.17. The van der Waals surface area contributed by atoms with Gasteiger partial charge in [-0.2, -0.15) is 0 Å². The number of cyclic esters (lactones) is 2. The molecule has 0 atom stereocenters. The van der Waals surface area contributed by atoms with Crippen LogP contribution in [0.2, 0.25) is 0 Å². The van der Waals surface area contributed by atoms with Crippen LogP contribution in [0, 0.1) is 0 Å². The van der Waals surface area contributed by atoms with E-state index in [1.807, 2.05) is 0 Å². The first-order chi connectivity index (χ1) is 7.82. The van der Waals surface area contributed by atoms with E-state index in [1.165, 1.54) is 6.92 Å². The predicted molar refractivity (Wildman–Crippen MR) is 58.4 cm³/mol. The second-order valence-electron chi connectivity index (χ2n) is 3.35. The number of rotatable bonds is 3. The Balaban J connectivity index is 2.83. The van der Waals surface area contributed by atoms with Gasteiger partial charge in [-0.05, 0) is 13.0 Å². The molecule has 0 spiro atoms. The predicted octanol–water partition coefficient (Wildman–Crippen LogP) is 1.19. The Labute approximate surface area is 97.7 Å². The summed E-state index contributed by atoms with van der Waals surface area (Å²) in [5.74, 6) is -2.43. The van der Waals surface area contributed by atoms with Gasteiger partial charge in [-0.1, -0.05) is 19.7 Å². The fourth-order valence-electron chi connectivity index (χ4n) is 0.977. The molecule has 0 saturated carbocycles. The average Bonchev–Trinajstić information content (AvgIpc) is 2.45. The Morgan fingerprint density at radius 3 is 2.29 bits per heavy atom. The van der Waals surface area contributed by atoms with E-state index >= 15 is 0 Å². The fourth-order valence-corrected chi connectivity index (χ4v) is 0.977. The number of carbonyl (C=O) groups excluding carboxylic acids is 3. The lowest BCUT2D eigenvalue weighted by atomic mass is 10.1. The van der Waals surface area contributed by atoms with Gasteiger partial charge < -0.3 is 9.47 Å². The summed E-state index contributed by atoms with van der Waals surface area (Å²) in [5.41, 5.74) is 0.0190. The highest BCUT2D eigenvalue weighted by atomic mass is 16.6. The molecule has 1 aliphatic heterocycles. The molecule has 0 radical (unpaired) electrons. The first-order valence-electron chi connectivity index (χ1n) is 4.57. The topological polar surface area (TPSA) is 69.7 Å². The lowest BCUT2D eigenvalue weighted by molar-refractivity contribution is -0.150. The van der Waals surface area contributed by atoms with E-state index in [1.54, 1.807) is 0 Å². The lowest BCUT2D eigenvalue weighted by Crippen LogP contribution is -2.04. The first-order valence-corrected chi connectivity index (χ1v) is 4.57. The fraction of sp³-hybridized carbons (Fsp3) is 0.0833. The molecule has 1 rings (SSSR count). The average molecular weight is 234 g/mol. The van der Waals surface area contributed by atoms with Gasteiger partial charge >= 0.3 is 17.9 Å². The summed E-state index contributed by atoms with van der Waals surface area (Å²) in [6.07, 6.45) is 1.12. The number of hydrogen-bond donors (Lipinski definition) is 0.